The number of nitrogens with two attached hydrogens (primary N) is 1. The molecule has 2 rings (SSSR count). The van der Waals surface area contributed by atoms with Crippen LogP contribution in [0.1, 0.15) is 24.4 Å². The Morgan fingerprint density at radius 2 is 2.35 bits per heavy atom. The first-order valence-corrected chi connectivity index (χ1v) is 5.44. The van der Waals surface area contributed by atoms with Crippen LogP contribution < -0.4 is 11.3 Å². The van der Waals surface area contributed by atoms with Crippen LogP contribution in [-0.4, -0.2) is 25.0 Å². The van der Waals surface area contributed by atoms with E-state index in [1.54, 1.807) is 18.7 Å². The van der Waals surface area contributed by atoms with Crippen molar-refractivity contribution in [1.29, 1.82) is 0 Å². The summed E-state index contributed by atoms with van der Waals surface area (Å²) in [6.07, 6.45) is 5.55. The zero-order valence-corrected chi connectivity index (χ0v) is 9.61. The van der Waals surface area contributed by atoms with E-state index in [4.69, 9.17) is 5.84 Å². The molecule has 0 aliphatic carbocycles. The van der Waals surface area contributed by atoms with E-state index in [0.717, 1.165) is 17.9 Å². The van der Waals surface area contributed by atoms with Crippen molar-refractivity contribution in [1.82, 2.24) is 30.4 Å². The van der Waals surface area contributed by atoms with Gasteiger partial charge in [0.15, 0.2) is 0 Å². The lowest BCUT2D eigenvalue weighted by Crippen LogP contribution is -2.30. The fourth-order valence-electron chi connectivity index (χ4n) is 1.67. The zero-order valence-electron chi connectivity index (χ0n) is 9.61. The van der Waals surface area contributed by atoms with Gasteiger partial charge in [0.05, 0.1) is 12.2 Å². The Kier molecular flexibility index (Phi) is 3.73. The Morgan fingerprint density at radius 1 is 1.47 bits per heavy atom. The molecule has 1 atom stereocenters. The second-order valence-electron chi connectivity index (χ2n) is 3.59. The largest absolute Gasteiger partial charge is 0.271 e. The molecule has 0 fully saturated rings. The number of aryl methyl sites for hydroxylation is 1. The van der Waals surface area contributed by atoms with Crippen molar-refractivity contribution >= 4 is 0 Å². The number of rotatable bonds is 5. The third-order valence-corrected chi connectivity index (χ3v) is 2.59. The lowest BCUT2D eigenvalue weighted by molar-refractivity contribution is 0.508. The van der Waals surface area contributed by atoms with Gasteiger partial charge in [-0.05, 0) is 18.6 Å². The average molecular weight is 233 g/mol. The minimum Gasteiger partial charge on any atom is -0.271 e. The highest BCUT2D eigenvalue weighted by atomic mass is 15.3. The molecule has 17 heavy (non-hydrogen) atoms. The molecule has 7 heteroatoms. The molecule has 0 spiro atoms. The summed E-state index contributed by atoms with van der Waals surface area (Å²) in [5.74, 6) is 6.45. The molecule has 2 aromatic heterocycles. The predicted molar refractivity (Wildman–Crippen MR) is 61.5 cm³/mol. The van der Waals surface area contributed by atoms with Crippen molar-refractivity contribution in [2.24, 2.45) is 5.84 Å². The molecule has 0 aliphatic heterocycles. The molecule has 1 unspecified atom stereocenters. The summed E-state index contributed by atoms with van der Waals surface area (Å²) in [4.78, 5) is 4.22. The summed E-state index contributed by atoms with van der Waals surface area (Å²) in [5, 5.41) is 11.7. The minimum absolute atomic E-state index is 0.0417. The Bertz CT molecular complexity index is 453. The van der Waals surface area contributed by atoms with Crippen LogP contribution in [0.3, 0.4) is 0 Å². The Morgan fingerprint density at radius 3 is 3.00 bits per heavy atom. The van der Waals surface area contributed by atoms with Gasteiger partial charge in [-0.25, -0.2) is 4.98 Å². The molecule has 0 amide bonds. The van der Waals surface area contributed by atoms with Crippen LogP contribution in [0.4, 0.5) is 0 Å². The first kappa shape index (κ1) is 11.6. The van der Waals surface area contributed by atoms with Gasteiger partial charge in [0.25, 0.3) is 0 Å². The Labute approximate surface area is 99.0 Å². The first-order chi connectivity index (χ1) is 8.35. The van der Waals surface area contributed by atoms with E-state index in [9.17, 15) is 0 Å². The van der Waals surface area contributed by atoms with E-state index in [-0.39, 0.29) is 6.04 Å². The van der Waals surface area contributed by atoms with Gasteiger partial charge in [0.2, 0.25) is 0 Å². The molecule has 0 saturated carbocycles. The maximum Gasteiger partial charge on any atom is 0.138 e. The summed E-state index contributed by atoms with van der Waals surface area (Å²) in [7, 11) is 0. The van der Waals surface area contributed by atoms with Crippen LogP contribution in [0, 0.1) is 0 Å². The van der Waals surface area contributed by atoms with E-state index < -0.39 is 0 Å². The first-order valence-electron chi connectivity index (χ1n) is 5.44. The van der Waals surface area contributed by atoms with Crippen LogP contribution in [0.25, 0.3) is 0 Å². The van der Waals surface area contributed by atoms with Crippen LogP contribution in [0.5, 0.6) is 0 Å². The quantitative estimate of drug-likeness (QED) is 0.550. The topological polar surface area (TPSA) is 94.5 Å². The highest BCUT2D eigenvalue weighted by Gasteiger charge is 2.14. The summed E-state index contributed by atoms with van der Waals surface area (Å²) in [5.41, 5.74) is 3.74. The van der Waals surface area contributed by atoms with E-state index in [1.807, 2.05) is 17.7 Å². The molecular weight excluding hydrogens is 218 g/mol. The summed E-state index contributed by atoms with van der Waals surface area (Å²) in [6, 6.07) is 1.84. The van der Waals surface area contributed by atoms with Gasteiger partial charge < -0.3 is 0 Å². The van der Waals surface area contributed by atoms with E-state index in [0.29, 0.717) is 6.42 Å². The number of hydrazine groups is 1. The molecule has 2 aromatic rings. The lowest BCUT2D eigenvalue weighted by Gasteiger charge is -2.15. The third-order valence-electron chi connectivity index (χ3n) is 2.59. The van der Waals surface area contributed by atoms with Gasteiger partial charge in [-0.3, -0.25) is 16.0 Å². The van der Waals surface area contributed by atoms with Gasteiger partial charge in [0.1, 0.15) is 12.2 Å². The molecule has 0 bridgehead atoms. The Balaban J connectivity index is 2.16. The van der Waals surface area contributed by atoms with Crippen molar-refractivity contribution in [2.75, 3.05) is 0 Å². The van der Waals surface area contributed by atoms with Crippen LogP contribution >= 0.6 is 0 Å². The number of nitrogens with zero attached hydrogens (tertiary/aromatic N) is 5. The molecule has 0 aromatic carbocycles. The summed E-state index contributed by atoms with van der Waals surface area (Å²) in [6.45, 7) is 2.82. The molecule has 0 saturated heterocycles. The second kappa shape index (κ2) is 5.46. The monoisotopic (exact) mass is 233 g/mol. The maximum atomic E-state index is 5.56. The number of nitrogens with one attached hydrogen (secondary N) is 1. The van der Waals surface area contributed by atoms with Gasteiger partial charge in [-0.15, -0.1) is 0 Å². The number of hydrogen-bond acceptors (Lipinski definition) is 6. The predicted octanol–water partition coefficient (Wildman–Crippen LogP) is -0.165. The Hall–Kier alpha value is -1.86. The number of hydrogen-bond donors (Lipinski definition) is 2. The fraction of sp³-hybridized carbons (Fsp3) is 0.400. The summed E-state index contributed by atoms with van der Waals surface area (Å²) >= 11 is 0. The average Bonchev–Trinajstić information content (AvgIpc) is 2.84. The standard InChI is InChI=1S/C10H15N7/c1-2-17-10(12-7-15-17)5-9(16-11)8-3-4-13-14-6-8/h3-4,6-7,9,16H,2,5,11H2,1H3. The smallest absolute Gasteiger partial charge is 0.138 e. The second-order valence-corrected chi connectivity index (χ2v) is 3.59. The normalized spacial score (nSPS) is 12.6. The van der Waals surface area contributed by atoms with Gasteiger partial charge in [-0.2, -0.15) is 15.3 Å². The van der Waals surface area contributed by atoms with E-state index in [2.05, 4.69) is 25.7 Å². The van der Waals surface area contributed by atoms with Gasteiger partial charge >= 0.3 is 0 Å². The van der Waals surface area contributed by atoms with Crippen molar-refractivity contribution < 1.29 is 0 Å². The SMILES string of the molecule is CCn1ncnc1CC(NN)c1ccnnc1. The van der Waals surface area contributed by atoms with Crippen molar-refractivity contribution in [3.63, 3.8) is 0 Å². The number of aromatic nitrogens is 5. The molecule has 0 aliphatic rings. The zero-order chi connectivity index (χ0) is 12.1. The van der Waals surface area contributed by atoms with Crippen molar-refractivity contribution in [3.05, 3.63) is 36.2 Å². The highest BCUT2D eigenvalue weighted by molar-refractivity contribution is 5.13. The van der Waals surface area contributed by atoms with Gasteiger partial charge in [0, 0.05) is 19.2 Å². The molecular formula is C10H15N7. The van der Waals surface area contributed by atoms with E-state index in [1.165, 1.54) is 0 Å². The molecule has 7 nitrogen and oxygen atoms in total. The third kappa shape index (κ3) is 2.63. The summed E-state index contributed by atoms with van der Waals surface area (Å²) < 4.78 is 1.85. The molecule has 90 valence electrons. The molecule has 0 radical (unpaired) electrons. The van der Waals surface area contributed by atoms with Crippen LogP contribution in [0.2, 0.25) is 0 Å². The van der Waals surface area contributed by atoms with Crippen molar-refractivity contribution in [2.45, 2.75) is 25.9 Å². The lowest BCUT2D eigenvalue weighted by atomic mass is 10.1. The highest BCUT2D eigenvalue weighted by Crippen LogP contribution is 2.14. The minimum atomic E-state index is -0.0417. The van der Waals surface area contributed by atoms with Crippen molar-refractivity contribution in [3.8, 4) is 0 Å². The van der Waals surface area contributed by atoms with Gasteiger partial charge in [-0.1, -0.05) is 0 Å². The molecule has 2 heterocycles. The van der Waals surface area contributed by atoms with Crippen LogP contribution in [0.15, 0.2) is 24.8 Å². The van der Waals surface area contributed by atoms with Crippen LogP contribution in [-0.2, 0) is 13.0 Å². The molecule has 3 N–H and O–H groups in total. The maximum absolute atomic E-state index is 5.56. The fourth-order valence-corrected chi connectivity index (χ4v) is 1.67. The van der Waals surface area contributed by atoms with E-state index >= 15 is 0 Å².